The van der Waals surface area contributed by atoms with Crippen LogP contribution >= 0.6 is 23.5 Å². The zero-order valence-corrected chi connectivity index (χ0v) is 18.2. The Bertz CT molecular complexity index is 821. The van der Waals surface area contributed by atoms with Crippen molar-refractivity contribution in [3.05, 3.63) is 88.7 Å². The van der Waals surface area contributed by atoms with Crippen LogP contribution in [0.1, 0.15) is 16.8 Å². The number of halogens is 1. The topological polar surface area (TPSA) is 34.6 Å². The summed E-state index contributed by atoms with van der Waals surface area (Å²) in [4.78, 5) is 4.39. The molecular weight excluding hydrogens is 404 g/mol. The quantitative estimate of drug-likeness (QED) is 0.390. The van der Waals surface area contributed by atoms with Crippen molar-refractivity contribution in [2.24, 2.45) is 0 Å². The lowest BCUT2D eigenvalue weighted by molar-refractivity contribution is 0.413. The Morgan fingerprint density at radius 3 is 1.83 bits per heavy atom. The van der Waals surface area contributed by atoms with E-state index in [9.17, 15) is 0 Å². The van der Waals surface area contributed by atoms with Gasteiger partial charge in [0.05, 0.1) is 19.2 Å². The highest BCUT2D eigenvalue weighted by Crippen LogP contribution is 2.22. The Kier molecular flexibility index (Phi) is 8.23. The number of hydrogen-bond donors (Lipinski definition) is 0. The minimum absolute atomic E-state index is 0.669. The zero-order valence-electron chi connectivity index (χ0n) is 16.7. The standard InChI is InChI=1S/C23H25ClN2O2S/c1-27-22-9-3-18(4-10-22)16-26(17-19-5-11-23(28-2)12-6-19)29-14-13-21-8-7-20(24)15-25-21/h3-12,15H,13-14,16-17H2,1-2H3. The minimum Gasteiger partial charge on any atom is -0.497 e. The van der Waals surface area contributed by atoms with Crippen LogP contribution in [-0.4, -0.2) is 29.3 Å². The van der Waals surface area contributed by atoms with Crippen LogP contribution in [0.3, 0.4) is 0 Å². The van der Waals surface area contributed by atoms with E-state index in [1.54, 1.807) is 20.4 Å². The van der Waals surface area contributed by atoms with Crippen molar-refractivity contribution in [3.63, 3.8) is 0 Å². The first-order valence-corrected chi connectivity index (χ1v) is 10.7. The van der Waals surface area contributed by atoms with E-state index in [1.807, 2.05) is 48.3 Å². The predicted molar refractivity (Wildman–Crippen MR) is 121 cm³/mol. The van der Waals surface area contributed by atoms with Gasteiger partial charge in [-0.2, -0.15) is 0 Å². The largest absolute Gasteiger partial charge is 0.497 e. The molecule has 6 heteroatoms. The van der Waals surface area contributed by atoms with Gasteiger partial charge in [-0.3, -0.25) is 4.98 Å². The van der Waals surface area contributed by atoms with E-state index < -0.39 is 0 Å². The average Bonchev–Trinajstić information content (AvgIpc) is 2.76. The number of aromatic nitrogens is 1. The van der Waals surface area contributed by atoms with Crippen LogP contribution in [-0.2, 0) is 19.5 Å². The molecule has 1 heterocycles. The molecule has 0 atom stereocenters. The third-order valence-corrected chi connectivity index (χ3v) is 5.69. The molecule has 0 saturated carbocycles. The molecule has 0 radical (unpaired) electrons. The molecule has 3 aromatic rings. The first-order chi connectivity index (χ1) is 14.2. The summed E-state index contributed by atoms with van der Waals surface area (Å²) in [5, 5.41) is 0.669. The molecule has 4 nitrogen and oxygen atoms in total. The lowest BCUT2D eigenvalue weighted by Gasteiger charge is -2.22. The number of rotatable bonds is 10. The highest BCUT2D eigenvalue weighted by molar-refractivity contribution is 7.96. The van der Waals surface area contributed by atoms with Gasteiger partial charge in [-0.05, 0) is 53.9 Å². The molecule has 0 unspecified atom stereocenters. The Morgan fingerprint density at radius 2 is 1.38 bits per heavy atom. The van der Waals surface area contributed by atoms with Gasteiger partial charge in [0.1, 0.15) is 11.5 Å². The molecule has 0 aliphatic carbocycles. The van der Waals surface area contributed by atoms with E-state index in [0.29, 0.717) is 5.02 Å². The first kappa shape index (κ1) is 21.5. The normalized spacial score (nSPS) is 10.9. The Balaban J connectivity index is 1.64. The maximum atomic E-state index is 5.93. The summed E-state index contributed by atoms with van der Waals surface area (Å²) in [6.45, 7) is 1.68. The van der Waals surface area contributed by atoms with Crippen LogP contribution in [0, 0.1) is 0 Å². The number of aryl methyl sites for hydroxylation is 1. The highest BCUT2D eigenvalue weighted by atomic mass is 35.5. The van der Waals surface area contributed by atoms with Crippen LogP contribution in [0.4, 0.5) is 0 Å². The molecule has 29 heavy (non-hydrogen) atoms. The molecule has 0 bridgehead atoms. The van der Waals surface area contributed by atoms with E-state index in [1.165, 1.54) is 11.1 Å². The Morgan fingerprint density at radius 1 is 0.828 bits per heavy atom. The first-order valence-electron chi connectivity index (χ1n) is 9.40. The van der Waals surface area contributed by atoms with E-state index in [0.717, 1.165) is 42.5 Å². The maximum absolute atomic E-state index is 5.93. The SMILES string of the molecule is COc1ccc(CN(Cc2ccc(OC)cc2)SCCc2ccc(Cl)cn2)cc1. The number of ether oxygens (including phenoxy) is 2. The number of nitrogens with zero attached hydrogens (tertiary/aromatic N) is 2. The molecule has 152 valence electrons. The third kappa shape index (κ3) is 6.96. The molecule has 0 fully saturated rings. The van der Waals surface area contributed by atoms with Crippen molar-refractivity contribution in [1.82, 2.24) is 9.29 Å². The predicted octanol–water partition coefficient (Wildman–Crippen LogP) is 5.65. The fourth-order valence-corrected chi connectivity index (χ4v) is 4.00. The summed E-state index contributed by atoms with van der Waals surface area (Å²) in [5.74, 6) is 2.69. The van der Waals surface area contributed by atoms with Gasteiger partial charge in [0.15, 0.2) is 0 Å². The lowest BCUT2D eigenvalue weighted by atomic mass is 10.2. The van der Waals surface area contributed by atoms with Crippen LogP contribution < -0.4 is 9.47 Å². The summed E-state index contributed by atoms with van der Waals surface area (Å²) in [7, 11) is 3.37. The van der Waals surface area contributed by atoms with Crippen molar-refractivity contribution in [3.8, 4) is 11.5 Å². The smallest absolute Gasteiger partial charge is 0.118 e. The second-order valence-corrected chi connectivity index (χ2v) is 8.16. The Labute approximate surface area is 182 Å². The molecule has 0 saturated heterocycles. The van der Waals surface area contributed by atoms with Crippen LogP contribution in [0.5, 0.6) is 11.5 Å². The fraction of sp³-hybridized carbons (Fsp3) is 0.261. The molecule has 0 aliphatic rings. The van der Waals surface area contributed by atoms with Gasteiger partial charge in [0.25, 0.3) is 0 Å². The molecule has 2 aromatic carbocycles. The van der Waals surface area contributed by atoms with Crippen LogP contribution in [0.25, 0.3) is 0 Å². The molecule has 0 aliphatic heterocycles. The van der Waals surface area contributed by atoms with Crippen molar-refractivity contribution < 1.29 is 9.47 Å². The highest BCUT2D eigenvalue weighted by Gasteiger charge is 2.09. The average molecular weight is 429 g/mol. The minimum atomic E-state index is 0.669. The lowest BCUT2D eigenvalue weighted by Crippen LogP contribution is -2.16. The zero-order chi connectivity index (χ0) is 20.5. The number of pyridine rings is 1. The van der Waals surface area contributed by atoms with Gasteiger partial charge < -0.3 is 9.47 Å². The summed E-state index contributed by atoms with van der Waals surface area (Å²) in [5.41, 5.74) is 3.55. The van der Waals surface area contributed by atoms with E-state index in [-0.39, 0.29) is 0 Å². The third-order valence-electron chi connectivity index (χ3n) is 4.46. The molecular formula is C23H25ClN2O2S. The summed E-state index contributed by atoms with van der Waals surface area (Å²) >= 11 is 7.75. The van der Waals surface area contributed by atoms with Crippen LogP contribution in [0.2, 0.25) is 5.02 Å². The van der Waals surface area contributed by atoms with E-state index in [2.05, 4.69) is 33.6 Å². The number of hydrogen-bond acceptors (Lipinski definition) is 5. The maximum Gasteiger partial charge on any atom is 0.118 e. The molecule has 0 spiro atoms. The summed E-state index contributed by atoms with van der Waals surface area (Å²) in [6, 6.07) is 20.3. The van der Waals surface area contributed by atoms with Gasteiger partial charge in [-0.25, -0.2) is 4.31 Å². The number of methoxy groups -OCH3 is 2. The Hall–Kier alpha value is -2.21. The van der Waals surface area contributed by atoms with E-state index in [4.69, 9.17) is 21.1 Å². The van der Waals surface area contributed by atoms with Gasteiger partial charge in [-0.15, -0.1) is 0 Å². The second kappa shape index (κ2) is 11.1. The molecule has 0 amide bonds. The fourth-order valence-electron chi connectivity index (χ4n) is 2.85. The second-order valence-electron chi connectivity index (χ2n) is 6.55. The summed E-state index contributed by atoms with van der Waals surface area (Å²) < 4.78 is 12.9. The van der Waals surface area contributed by atoms with Crippen molar-refractivity contribution in [2.75, 3.05) is 20.0 Å². The van der Waals surface area contributed by atoms with Gasteiger partial charge >= 0.3 is 0 Å². The van der Waals surface area contributed by atoms with Crippen LogP contribution in [0.15, 0.2) is 66.9 Å². The van der Waals surface area contributed by atoms with E-state index >= 15 is 0 Å². The monoisotopic (exact) mass is 428 g/mol. The van der Waals surface area contributed by atoms with Crippen molar-refractivity contribution in [2.45, 2.75) is 19.5 Å². The summed E-state index contributed by atoms with van der Waals surface area (Å²) in [6.07, 6.45) is 2.59. The van der Waals surface area contributed by atoms with Gasteiger partial charge in [0.2, 0.25) is 0 Å². The molecule has 1 aromatic heterocycles. The van der Waals surface area contributed by atoms with Crippen molar-refractivity contribution >= 4 is 23.5 Å². The number of benzene rings is 2. The molecule has 0 N–H and O–H groups in total. The molecule has 3 rings (SSSR count). The van der Waals surface area contributed by atoms with Crippen molar-refractivity contribution in [1.29, 1.82) is 0 Å². The van der Waals surface area contributed by atoms with Gasteiger partial charge in [0, 0.05) is 30.7 Å². The van der Waals surface area contributed by atoms with Gasteiger partial charge in [-0.1, -0.05) is 47.8 Å².